The SMILES string of the molecule is COc1cc(CN2CCn3cnnc3C2)ccc1O. The monoisotopic (exact) mass is 260 g/mol. The number of hydrogen-bond donors (Lipinski definition) is 1. The van der Waals surface area contributed by atoms with Gasteiger partial charge in [-0.2, -0.15) is 0 Å². The predicted octanol–water partition coefficient (Wildman–Crippen LogP) is 1.01. The summed E-state index contributed by atoms with van der Waals surface area (Å²) in [7, 11) is 1.56. The van der Waals surface area contributed by atoms with E-state index < -0.39 is 0 Å². The van der Waals surface area contributed by atoms with Gasteiger partial charge in [0.05, 0.1) is 13.7 Å². The van der Waals surface area contributed by atoms with Crippen molar-refractivity contribution < 1.29 is 9.84 Å². The van der Waals surface area contributed by atoms with Crippen LogP contribution >= 0.6 is 0 Å². The summed E-state index contributed by atoms with van der Waals surface area (Å²) in [6.45, 7) is 3.48. The lowest BCUT2D eigenvalue weighted by molar-refractivity contribution is 0.208. The molecule has 0 atom stereocenters. The van der Waals surface area contributed by atoms with Gasteiger partial charge in [-0.05, 0) is 17.7 Å². The van der Waals surface area contributed by atoms with Gasteiger partial charge in [0.25, 0.3) is 0 Å². The van der Waals surface area contributed by atoms with Crippen LogP contribution in [0.3, 0.4) is 0 Å². The molecule has 3 rings (SSSR count). The Morgan fingerprint density at radius 3 is 3.11 bits per heavy atom. The quantitative estimate of drug-likeness (QED) is 0.892. The summed E-state index contributed by atoms with van der Waals surface area (Å²) < 4.78 is 7.20. The van der Waals surface area contributed by atoms with E-state index in [9.17, 15) is 5.11 Å². The molecule has 0 aliphatic carbocycles. The average molecular weight is 260 g/mol. The van der Waals surface area contributed by atoms with E-state index in [-0.39, 0.29) is 5.75 Å². The largest absolute Gasteiger partial charge is 0.504 e. The lowest BCUT2D eigenvalue weighted by Gasteiger charge is -2.26. The van der Waals surface area contributed by atoms with Crippen molar-refractivity contribution in [3.05, 3.63) is 35.9 Å². The van der Waals surface area contributed by atoms with Crippen LogP contribution in [0.1, 0.15) is 11.4 Å². The third-order valence-electron chi connectivity index (χ3n) is 3.37. The van der Waals surface area contributed by atoms with Crippen LogP contribution in [0.5, 0.6) is 11.5 Å². The Balaban J connectivity index is 1.72. The second-order valence-electron chi connectivity index (χ2n) is 4.66. The van der Waals surface area contributed by atoms with E-state index in [4.69, 9.17) is 4.74 Å². The zero-order valence-electron chi connectivity index (χ0n) is 10.8. The van der Waals surface area contributed by atoms with Crippen molar-refractivity contribution in [2.24, 2.45) is 0 Å². The molecule has 6 heteroatoms. The number of methoxy groups -OCH3 is 1. The number of ether oxygens (including phenoxy) is 1. The maximum atomic E-state index is 9.58. The van der Waals surface area contributed by atoms with Crippen molar-refractivity contribution in [3.63, 3.8) is 0 Å². The molecule has 0 fully saturated rings. The van der Waals surface area contributed by atoms with E-state index in [1.165, 1.54) is 0 Å². The summed E-state index contributed by atoms with van der Waals surface area (Å²) in [5.74, 6) is 1.68. The summed E-state index contributed by atoms with van der Waals surface area (Å²) in [6.07, 6.45) is 1.77. The summed E-state index contributed by atoms with van der Waals surface area (Å²) >= 11 is 0. The highest BCUT2D eigenvalue weighted by molar-refractivity contribution is 5.41. The smallest absolute Gasteiger partial charge is 0.160 e. The van der Waals surface area contributed by atoms with Gasteiger partial charge in [0.1, 0.15) is 12.2 Å². The van der Waals surface area contributed by atoms with Crippen LogP contribution in [-0.4, -0.2) is 38.4 Å². The van der Waals surface area contributed by atoms with Crippen molar-refractivity contribution in [2.45, 2.75) is 19.6 Å². The van der Waals surface area contributed by atoms with E-state index in [0.717, 1.165) is 37.6 Å². The first-order valence-corrected chi connectivity index (χ1v) is 6.21. The molecule has 0 bridgehead atoms. The first-order valence-electron chi connectivity index (χ1n) is 6.21. The van der Waals surface area contributed by atoms with E-state index in [2.05, 4.69) is 19.7 Å². The highest BCUT2D eigenvalue weighted by Gasteiger charge is 2.17. The van der Waals surface area contributed by atoms with Crippen LogP contribution in [0, 0.1) is 0 Å². The minimum absolute atomic E-state index is 0.171. The van der Waals surface area contributed by atoms with E-state index in [1.807, 2.05) is 12.1 Å². The molecule has 19 heavy (non-hydrogen) atoms. The van der Waals surface area contributed by atoms with Gasteiger partial charge in [-0.1, -0.05) is 6.07 Å². The van der Waals surface area contributed by atoms with E-state index >= 15 is 0 Å². The molecule has 0 amide bonds. The fourth-order valence-electron chi connectivity index (χ4n) is 2.33. The Bertz CT molecular complexity index is 582. The lowest BCUT2D eigenvalue weighted by atomic mass is 10.2. The number of aromatic hydroxyl groups is 1. The molecule has 0 saturated carbocycles. The van der Waals surface area contributed by atoms with Crippen molar-refractivity contribution in [3.8, 4) is 11.5 Å². The standard InChI is InChI=1S/C13H16N4O2/c1-19-12-6-10(2-3-11(12)18)7-16-4-5-17-9-14-15-13(17)8-16/h2-3,6,9,18H,4-5,7-8H2,1H3. The molecule has 6 nitrogen and oxygen atoms in total. The van der Waals surface area contributed by atoms with Crippen LogP contribution in [-0.2, 0) is 19.6 Å². The van der Waals surface area contributed by atoms with E-state index in [0.29, 0.717) is 5.75 Å². The Hall–Kier alpha value is -2.08. The molecule has 100 valence electrons. The van der Waals surface area contributed by atoms with Crippen LogP contribution < -0.4 is 4.74 Å². The second kappa shape index (κ2) is 4.89. The normalized spacial score (nSPS) is 15.2. The maximum absolute atomic E-state index is 9.58. The molecule has 2 heterocycles. The molecule has 0 radical (unpaired) electrons. The molecular formula is C13H16N4O2. The molecule has 1 N–H and O–H groups in total. The Kier molecular flexibility index (Phi) is 3.08. The number of rotatable bonds is 3. The van der Waals surface area contributed by atoms with Crippen molar-refractivity contribution >= 4 is 0 Å². The zero-order chi connectivity index (χ0) is 13.2. The molecule has 1 aromatic carbocycles. The first kappa shape index (κ1) is 12.0. The first-order chi connectivity index (χ1) is 9.26. The predicted molar refractivity (Wildman–Crippen MR) is 68.8 cm³/mol. The molecule has 0 unspecified atom stereocenters. The van der Waals surface area contributed by atoms with Crippen molar-refractivity contribution in [1.82, 2.24) is 19.7 Å². The summed E-state index contributed by atoms with van der Waals surface area (Å²) in [5, 5.41) is 17.6. The number of hydrogen-bond acceptors (Lipinski definition) is 5. The topological polar surface area (TPSA) is 63.4 Å². The van der Waals surface area contributed by atoms with Crippen molar-refractivity contribution in [2.75, 3.05) is 13.7 Å². The van der Waals surface area contributed by atoms with Gasteiger partial charge in [-0.25, -0.2) is 0 Å². The van der Waals surface area contributed by atoms with Gasteiger partial charge in [0.2, 0.25) is 0 Å². The number of fused-ring (bicyclic) bond motifs is 1. The van der Waals surface area contributed by atoms with E-state index in [1.54, 1.807) is 19.5 Å². The number of benzene rings is 1. The van der Waals surface area contributed by atoms with Gasteiger partial charge in [0, 0.05) is 19.6 Å². The Morgan fingerprint density at radius 1 is 1.37 bits per heavy atom. The Labute approximate surface area is 111 Å². The lowest BCUT2D eigenvalue weighted by Crippen LogP contribution is -2.33. The number of aromatic nitrogens is 3. The van der Waals surface area contributed by atoms with Crippen LogP contribution in [0.2, 0.25) is 0 Å². The summed E-state index contributed by atoms with van der Waals surface area (Å²) in [4.78, 5) is 2.30. The highest BCUT2D eigenvalue weighted by Crippen LogP contribution is 2.27. The molecule has 1 aromatic heterocycles. The van der Waals surface area contributed by atoms with Gasteiger partial charge in [-0.15, -0.1) is 10.2 Å². The second-order valence-corrected chi connectivity index (χ2v) is 4.66. The van der Waals surface area contributed by atoms with Crippen LogP contribution in [0.25, 0.3) is 0 Å². The molecule has 0 saturated heterocycles. The van der Waals surface area contributed by atoms with Crippen molar-refractivity contribution in [1.29, 1.82) is 0 Å². The maximum Gasteiger partial charge on any atom is 0.160 e. The molecule has 1 aliphatic heterocycles. The minimum Gasteiger partial charge on any atom is -0.504 e. The zero-order valence-corrected chi connectivity index (χ0v) is 10.8. The van der Waals surface area contributed by atoms with Crippen LogP contribution in [0.15, 0.2) is 24.5 Å². The summed E-state index contributed by atoms with van der Waals surface area (Å²) in [6, 6.07) is 5.45. The number of nitrogens with zero attached hydrogens (tertiary/aromatic N) is 4. The average Bonchev–Trinajstić information content (AvgIpc) is 2.88. The third kappa shape index (κ3) is 2.39. The third-order valence-corrected chi connectivity index (χ3v) is 3.37. The molecular weight excluding hydrogens is 244 g/mol. The molecule has 2 aromatic rings. The Morgan fingerprint density at radius 2 is 2.26 bits per heavy atom. The molecule has 1 aliphatic rings. The van der Waals surface area contributed by atoms with Gasteiger partial charge < -0.3 is 14.4 Å². The number of phenols is 1. The minimum atomic E-state index is 0.171. The van der Waals surface area contributed by atoms with Gasteiger partial charge in [-0.3, -0.25) is 4.90 Å². The number of phenolic OH excluding ortho intramolecular Hbond substituents is 1. The fraction of sp³-hybridized carbons (Fsp3) is 0.385. The van der Waals surface area contributed by atoms with Crippen LogP contribution in [0.4, 0.5) is 0 Å². The highest BCUT2D eigenvalue weighted by atomic mass is 16.5. The molecule has 0 spiro atoms. The summed E-state index contributed by atoms with van der Waals surface area (Å²) in [5.41, 5.74) is 1.11. The fourth-order valence-corrected chi connectivity index (χ4v) is 2.33. The van der Waals surface area contributed by atoms with Gasteiger partial charge in [0.15, 0.2) is 11.5 Å². The van der Waals surface area contributed by atoms with Gasteiger partial charge >= 0.3 is 0 Å².